The topological polar surface area (TPSA) is 156 Å². The fourth-order valence-electron chi connectivity index (χ4n) is 7.27. The van der Waals surface area contributed by atoms with E-state index in [1.807, 2.05) is 25.1 Å². The number of carbonyl (C=O) groups excluding carboxylic acids is 1. The summed E-state index contributed by atoms with van der Waals surface area (Å²) in [5.74, 6) is 0.631. The van der Waals surface area contributed by atoms with Crippen molar-refractivity contribution in [2.45, 2.75) is 51.2 Å². The predicted molar refractivity (Wildman–Crippen MR) is 148 cm³/mol. The first kappa shape index (κ1) is 26.6. The molecular formula is C30H35N5O5. The number of pyridine rings is 1. The van der Waals surface area contributed by atoms with Crippen LogP contribution in [0, 0.1) is 22.7 Å². The molecule has 4 aliphatic rings. The first-order valence-electron chi connectivity index (χ1n) is 13.7. The van der Waals surface area contributed by atoms with Gasteiger partial charge in [0.05, 0.1) is 36.2 Å². The first-order valence-corrected chi connectivity index (χ1v) is 13.7. The van der Waals surface area contributed by atoms with Gasteiger partial charge in [-0.05, 0) is 61.3 Å². The van der Waals surface area contributed by atoms with Crippen LogP contribution in [0.2, 0.25) is 0 Å². The number of allylic oxidation sites excluding steroid dienone is 1. The fraction of sp³-hybridized carbons (Fsp3) is 0.467. The molecular weight excluding hydrogens is 510 g/mol. The number of carbonyl (C=O) groups is 1. The number of aliphatic hydroxyl groups is 2. The Hall–Kier alpha value is -3.60. The molecule has 5 N–H and O–H groups in total. The van der Waals surface area contributed by atoms with Crippen LogP contribution < -0.4 is 11.1 Å². The van der Waals surface area contributed by atoms with Crippen LogP contribution in [-0.4, -0.2) is 56.1 Å². The molecule has 4 heterocycles. The van der Waals surface area contributed by atoms with Gasteiger partial charge in [-0.2, -0.15) is 0 Å². The van der Waals surface area contributed by atoms with Gasteiger partial charge in [0.25, 0.3) is 0 Å². The molecule has 2 aromatic rings. The van der Waals surface area contributed by atoms with E-state index in [4.69, 9.17) is 15.2 Å². The summed E-state index contributed by atoms with van der Waals surface area (Å²) in [5.41, 5.74) is 5.97. The number of nitrogens with zero attached hydrogens (tertiary/aromatic N) is 3. The standard InChI is InChI=1S/C30H35N5O5/c1-28-8-7-24(37)29(2,16-36)22(28)6-9-30(17-39-30)23(28)13-21(35-25-5-3-4-10-32-25)20-12-19(40-26(20)38)11-18-14-33-27(31)34-15-18/h3-5,10-15,22-24,36-37H,6-9,16-17H2,1-2H3,(H,32,35)(H2,31,33,34)/b19-11+,21-13-/t22?,23?,24-,28-,29-,30?/m0/s1. The van der Waals surface area contributed by atoms with Gasteiger partial charge in [-0.1, -0.05) is 26.0 Å². The smallest absolute Gasteiger partial charge is 0.345 e. The van der Waals surface area contributed by atoms with Gasteiger partial charge in [-0.25, -0.2) is 19.7 Å². The number of cyclic esters (lactones) is 1. The molecule has 6 atom stereocenters. The van der Waals surface area contributed by atoms with Crippen LogP contribution >= 0.6 is 0 Å². The molecule has 10 nitrogen and oxygen atoms in total. The van der Waals surface area contributed by atoms with Crippen molar-refractivity contribution in [3.05, 3.63) is 71.5 Å². The van der Waals surface area contributed by atoms with E-state index in [1.165, 1.54) is 0 Å². The second kappa shape index (κ2) is 9.79. The Morgan fingerprint density at radius 2 is 1.98 bits per heavy atom. The molecule has 0 aromatic carbocycles. The SMILES string of the molecule is C[C@]12CC[C@H](O)[C@@](C)(CO)C1CCC1(CO1)C2/C=C(\Nc1ccccn1)C1=C/C(=C\c2cnc(N)nc2)OC1=O. The average Bonchev–Trinajstić information content (AvgIpc) is 3.63. The number of anilines is 2. The molecule has 10 heteroatoms. The molecule has 1 spiro atoms. The molecule has 210 valence electrons. The summed E-state index contributed by atoms with van der Waals surface area (Å²) in [6.07, 6.45) is 12.8. The van der Waals surface area contributed by atoms with Gasteiger partial charge in [0.2, 0.25) is 5.95 Å². The lowest BCUT2D eigenvalue weighted by molar-refractivity contribution is -0.167. The Morgan fingerprint density at radius 3 is 2.65 bits per heavy atom. The number of aliphatic hydroxyl groups excluding tert-OH is 2. The van der Waals surface area contributed by atoms with Crippen LogP contribution in [-0.2, 0) is 14.3 Å². The van der Waals surface area contributed by atoms with Gasteiger partial charge in [0, 0.05) is 35.5 Å². The van der Waals surface area contributed by atoms with Crippen molar-refractivity contribution in [2.24, 2.45) is 22.7 Å². The number of nitrogens with one attached hydrogen (secondary N) is 1. The van der Waals surface area contributed by atoms with Gasteiger partial charge >= 0.3 is 5.97 Å². The summed E-state index contributed by atoms with van der Waals surface area (Å²) in [6.45, 7) is 4.79. The molecule has 2 saturated carbocycles. The van der Waals surface area contributed by atoms with Gasteiger partial charge in [-0.3, -0.25) is 0 Å². The van der Waals surface area contributed by atoms with Crippen molar-refractivity contribution in [3.8, 4) is 0 Å². The van der Waals surface area contributed by atoms with Crippen molar-refractivity contribution in [1.82, 2.24) is 15.0 Å². The van der Waals surface area contributed by atoms with Crippen LogP contribution in [0.3, 0.4) is 0 Å². The number of hydrogen-bond acceptors (Lipinski definition) is 10. The summed E-state index contributed by atoms with van der Waals surface area (Å²) < 4.78 is 11.8. The van der Waals surface area contributed by atoms with Gasteiger partial charge in [-0.15, -0.1) is 0 Å². The summed E-state index contributed by atoms with van der Waals surface area (Å²) in [6, 6.07) is 5.54. The molecule has 0 radical (unpaired) electrons. The van der Waals surface area contributed by atoms with E-state index >= 15 is 0 Å². The third-order valence-corrected chi connectivity index (χ3v) is 9.57. The van der Waals surface area contributed by atoms with Gasteiger partial charge < -0.3 is 30.7 Å². The van der Waals surface area contributed by atoms with Crippen LogP contribution in [0.5, 0.6) is 0 Å². The fourth-order valence-corrected chi connectivity index (χ4v) is 7.27. The molecule has 0 amide bonds. The maximum Gasteiger partial charge on any atom is 0.345 e. The second-order valence-electron chi connectivity index (χ2n) is 11.9. The Bertz CT molecular complexity index is 1390. The van der Waals surface area contributed by atoms with E-state index in [0.29, 0.717) is 41.4 Å². The van der Waals surface area contributed by atoms with Crippen molar-refractivity contribution in [2.75, 3.05) is 24.3 Å². The molecule has 6 rings (SSSR count). The van der Waals surface area contributed by atoms with Gasteiger partial charge in [0.15, 0.2) is 0 Å². The number of hydrogen-bond donors (Lipinski definition) is 4. The Morgan fingerprint density at radius 1 is 1.20 bits per heavy atom. The molecule has 0 bridgehead atoms. The van der Waals surface area contributed by atoms with Crippen LogP contribution in [0.1, 0.15) is 45.1 Å². The number of nitrogens with two attached hydrogens (primary N) is 1. The van der Waals surface area contributed by atoms with Crippen molar-refractivity contribution in [3.63, 3.8) is 0 Å². The first-order chi connectivity index (χ1) is 19.2. The molecule has 3 fully saturated rings. The van der Waals surface area contributed by atoms with Gasteiger partial charge in [0.1, 0.15) is 11.6 Å². The van der Waals surface area contributed by atoms with E-state index < -0.39 is 17.5 Å². The normalized spacial score (nSPS) is 36.2. The van der Waals surface area contributed by atoms with Crippen LogP contribution in [0.25, 0.3) is 6.08 Å². The summed E-state index contributed by atoms with van der Waals surface area (Å²) in [7, 11) is 0. The molecule has 3 unspecified atom stereocenters. The number of epoxide rings is 1. The Kier molecular flexibility index (Phi) is 6.52. The van der Waals surface area contributed by atoms with Crippen LogP contribution in [0.4, 0.5) is 11.8 Å². The highest BCUT2D eigenvalue weighted by atomic mass is 16.6. The zero-order chi connectivity index (χ0) is 28.1. The second-order valence-corrected chi connectivity index (χ2v) is 11.9. The molecule has 1 saturated heterocycles. The lowest BCUT2D eigenvalue weighted by atomic mass is 9.45. The van der Waals surface area contributed by atoms with E-state index in [1.54, 1.807) is 30.7 Å². The summed E-state index contributed by atoms with van der Waals surface area (Å²) in [5, 5.41) is 24.7. The van der Waals surface area contributed by atoms with Crippen molar-refractivity contribution in [1.29, 1.82) is 0 Å². The number of nitrogen functional groups attached to an aromatic ring is 1. The highest BCUT2D eigenvalue weighted by Crippen LogP contribution is 2.66. The Labute approximate surface area is 233 Å². The number of rotatable bonds is 6. The minimum Gasteiger partial charge on any atom is -0.423 e. The molecule has 2 aromatic heterocycles. The summed E-state index contributed by atoms with van der Waals surface area (Å²) >= 11 is 0. The summed E-state index contributed by atoms with van der Waals surface area (Å²) in [4.78, 5) is 25.7. The molecule has 2 aliphatic carbocycles. The molecule has 40 heavy (non-hydrogen) atoms. The minimum absolute atomic E-state index is 0.0736. The monoisotopic (exact) mass is 545 g/mol. The Balaban J connectivity index is 1.43. The molecule has 2 aliphatic heterocycles. The lowest BCUT2D eigenvalue weighted by Crippen LogP contribution is -2.60. The van der Waals surface area contributed by atoms with E-state index in [9.17, 15) is 15.0 Å². The number of aromatic nitrogens is 3. The average molecular weight is 546 g/mol. The third-order valence-electron chi connectivity index (χ3n) is 9.57. The number of esters is 1. The number of ether oxygens (including phenoxy) is 2. The third kappa shape index (κ3) is 4.49. The van der Waals surface area contributed by atoms with E-state index in [2.05, 4.69) is 33.3 Å². The lowest BCUT2D eigenvalue weighted by Gasteiger charge is -2.60. The van der Waals surface area contributed by atoms with E-state index in [-0.39, 0.29) is 35.4 Å². The maximum atomic E-state index is 13.3. The predicted octanol–water partition coefficient (Wildman–Crippen LogP) is 3.23. The quantitative estimate of drug-likeness (QED) is 0.314. The van der Waals surface area contributed by atoms with Crippen molar-refractivity contribution >= 4 is 23.8 Å². The maximum absolute atomic E-state index is 13.3. The van der Waals surface area contributed by atoms with Crippen molar-refractivity contribution < 1.29 is 24.5 Å². The zero-order valence-corrected chi connectivity index (χ0v) is 22.7. The largest absolute Gasteiger partial charge is 0.423 e. The number of fused-ring (bicyclic) bond motifs is 1. The zero-order valence-electron chi connectivity index (χ0n) is 22.7. The van der Waals surface area contributed by atoms with E-state index in [0.717, 1.165) is 19.3 Å². The van der Waals surface area contributed by atoms with Crippen LogP contribution in [0.15, 0.2) is 66.0 Å². The minimum atomic E-state index is -0.618. The highest BCUT2D eigenvalue weighted by molar-refractivity contribution is 5.99. The highest BCUT2D eigenvalue weighted by Gasteiger charge is 2.66.